The maximum atomic E-state index is 13.4. The molecule has 8 heteroatoms. The molecule has 0 saturated heterocycles. The number of hydrogen-bond donors (Lipinski definition) is 0. The van der Waals surface area contributed by atoms with Crippen molar-refractivity contribution in [3.63, 3.8) is 0 Å². The Morgan fingerprint density at radius 2 is 2.03 bits per heavy atom. The van der Waals surface area contributed by atoms with Crippen LogP contribution in [-0.2, 0) is 4.79 Å². The van der Waals surface area contributed by atoms with Gasteiger partial charge in [-0.2, -0.15) is 5.10 Å². The Bertz CT molecular complexity index is 1220. The molecule has 0 bridgehead atoms. The summed E-state index contributed by atoms with van der Waals surface area (Å²) in [6.07, 6.45) is 5.34. The van der Waals surface area contributed by atoms with Crippen molar-refractivity contribution in [2.45, 2.75) is 25.3 Å². The Balaban J connectivity index is 1.27. The number of nitrogens with zero attached hydrogens (tertiary/aromatic N) is 2. The van der Waals surface area contributed by atoms with Gasteiger partial charge in [-0.25, -0.2) is 5.01 Å². The molecule has 2 unspecified atom stereocenters. The van der Waals surface area contributed by atoms with E-state index in [0.29, 0.717) is 17.2 Å². The molecule has 2 atom stereocenters. The number of hydrazone groups is 1. The molecule has 168 valence electrons. The molecular weight excluding hydrogens is 456 g/mol. The van der Waals surface area contributed by atoms with Gasteiger partial charge in [-0.1, -0.05) is 12.1 Å². The number of hydrogen-bond acceptors (Lipinski definition) is 7. The molecule has 6 rings (SSSR count). The first kappa shape index (κ1) is 20.5. The Kier molecular flexibility index (Phi) is 5.39. The van der Waals surface area contributed by atoms with Crippen LogP contribution in [-0.4, -0.2) is 30.0 Å². The minimum atomic E-state index is -0.150. The highest BCUT2D eigenvalue weighted by Crippen LogP contribution is 2.45. The molecule has 4 heterocycles. The van der Waals surface area contributed by atoms with Gasteiger partial charge in [-0.3, -0.25) is 4.79 Å². The zero-order valence-corrected chi connectivity index (χ0v) is 19.4. The van der Waals surface area contributed by atoms with Crippen molar-refractivity contribution in [3.8, 4) is 17.2 Å². The fourth-order valence-corrected chi connectivity index (χ4v) is 6.22. The van der Waals surface area contributed by atoms with Crippen LogP contribution in [0.3, 0.4) is 0 Å². The van der Waals surface area contributed by atoms with Crippen molar-refractivity contribution in [1.29, 1.82) is 0 Å². The van der Waals surface area contributed by atoms with Crippen LogP contribution in [0.25, 0.3) is 6.08 Å². The molecule has 0 N–H and O–H groups in total. The van der Waals surface area contributed by atoms with Gasteiger partial charge in [-0.05, 0) is 65.9 Å². The quantitative estimate of drug-likeness (QED) is 0.469. The molecule has 1 aromatic carbocycles. The minimum Gasteiger partial charge on any atom is -0.484 e. The standard InChI is InChI=1S/C25H22N2O4S2/c28-23(14-29-17-8-9-20-21(13-17)31-15-30-20)27-25(22-7-3-11-33-22)19-6-1-4-16(24(19)26-27)12-18-5-2-10-32-18/h2-3,5,7-13,19,25H,1,4,6,14-15H2/b16-12-. The summed E-state index contributed by atoms with van der Waals surface area (Å²) in [5, 5.41) is 10.7. The Morgan fingerprint density at radius 1 is 1.15 bits per heavy atom. The first-order valence-electron chi connectivity index (χ1n) is 11.0. The summed E-state index contributed by atoms with van der Waals surface area (Å²) in [4.78, 5) is 15.7. The van der Waals surface area contributed by atoms with Crippen molar-refractivity contribution in [2.75, 3.05) is 13.4 Å². The van der Waals surface area contributed by atoms with Crippen LogP contribution in [0.2, 0.25) is 0 Å². The lowest BCUT2D eigenvalue weighted by Gasteiger charge is -2.28. The maximum Gasteiger partial charge on any atom is 0.281 e. The minimum absolute atomic E-state index is 0.0834. The normalized spacial score (nSPS) is 22.4. The van der Waals surface area contributed by atoms with Crippen LogP contribution >= 0.6 is 22.7 Å². The fraction of sp³-hybridized carbons (Fsp3) is 0.280. The Labute approximate surface area is 199 Å². The van der Waals surface area contributed by atoms with Crippen LogP contribution in [0.4, 0.5) is 0 Å². The smallest absolute Gasteiger partial charge is 0.281 e. The van der Waals surface area contributed by atoms with Crippen LogP contribution in [0, 0.1) is 5.92 Å². The highest BCUT2D eigenvalue weighted by molar-refractivity contribution is 7.11. The van der Waals surface area contributed by atoms with Gasteiger partial charge in [0.25, 0.3) is 5.91 Å². The molecule has 33 heavy (non-hydrogen) atoms. The summed E-state index contributed by atoms with van der Waals surface area (Å²) in [7, 11) is 0. The highest BCUT2D eigenvalue weighted by Gasteiger charge is 2.44. The third kappa shape index (κ3) is 3.94. The van der Waals surface area contributed by atoms with Crippen molar-refractivity contribution >= 4 is 40.4 Å². The van der Waals surface area contributed by atoms with E-state index in [1.807, 2.05) is 6.07 Å². The van der Waals surface area contributed by atoms with Gasteiger partial charge < -0.3 is 14.2 Å². The monoisotopic (exact) mass is 478 g/mol. The van der Waals surface area contributed by atoms with E-state index >= 15 is 0 Å². The van der Waals surface area contributed by atoms with Crippen LogP contribution < -0.4 is 14.2 Å². The van der Waals surface area contributed by atoms with E-state index in [2.05, 4.69) is 35.0 Å². The zero-order chi connectivity index (χ0) is 22.2. The summed E-state index contributed by atoms with van der Waals surface area (Å²) < 4.78 is 16.6. The molecule has 1 fully saturated rings. The average molecular weight is 479 g/mol. The van der Waals surface area contributed by atoms with Crippen LogP contribution in [0.5, 0.6) is 17.2 Å². The number of rotatable bonds is 5. The lowest BCUT2D eigenvalue weighted by atomic mass is 9.79. The van der Waals surface area contributed by atoms with Gasteiger partial charge in [0.15, 0.2) is 18.1 Å². The zero-order valence-electron chi connectivity index (χ0n) is 17.8. The maximum absolute atomic E-state index is 13.4. The van der Waals surface area contributed by atoms with E-state index in [1.165, 1.54) is 10.5 Å². The average Bonchev–Trinajstić information content (AvgIpc) is 3.63. The number of thiophene rings is 2. The van der Waals surface area contributed by atoms with Crippen molar-refractivity contribution < 1.29 is 19.0 Å². The number of carbonyl (C=O) groups excluding carboxylic acids is 1. The predicted molar refractivity (Wildman–Crippen MR) is 129 cm³/mol. The van der Waals surface area contributed by atoms with Gasteiger partial charge in [0.2, 0.25) is 6.79 Å². The second-order valence-corrected chi connectivity index (χ2v) is 10.1. The number of allylic oxidation sites excluding steroid dienone is 1. The number of carbonyl (C=O) groups is 1. The molecule has 2 aromatic heterocycles. The van der Waals surface area contributed by atoms with E-state index < -0.39 is 0 Å². The first-order valence-corrected chi connectivity index (χ1v) is 12.7. The Morgan fingerprint density at radius 3 is 2.88 bits per heavy atom. The lowest BCUT2D eigenvalue weighted by molar-refractivity contribution is -0.135. The SMILES string of the molecule is O=C(COc1ccc2c(c1)OCO2)N1N=C2/C(=C\c3cccs3)CCCC2C1c1cccs1. The van der Waals surface area contributed by atoms with Gasteiger partial charge in [-0.15, -0.1) is 22.7 Å². The summed E-state index contributed by atoms with van der Waals surface area (Å²) in [5.74, 6) is 1.95. The highest BCUT2D eigenvalue weighted by atomic mass is 32.1. The third-order valence-electron chi connectivity index (χ3n) is 6.16. The second-order valence-electron chi connectivity index (χ2n) is 8.17. The van der Waals surface area contributed by atoms with Crippen LogP contribution in [0.15, 0.2) is 63.9 Å². The topological polar surface area (TPSA) is 60.4 Å². The molecule has 1 aliphatic carbocycles. The molecular formula is C25H22N2O4S2. The number of amides is 1. The third-order valence-corrected chi connectivity index (χ3v) is 7.92. The number of ether oxygens (including phenoxy) is 3. The molecule has 2 aliphatic heterocycles. The van der Waals surface area contributed by atoms with Gasteiger partial charge >= 0.3 is 0 Å². The summed E-state index contributed by atoms with van der Waals surface area (Å²) in [6, 6.07) is 13.6. The van der Waals surface area contributed by atoms with E-state index in [9.17, 15) is 4.79 Å². The predicted octanol–water partition coefficient (Wildman–Crippen LogP) is 5.74. The number of benzene rings is 1. The molecule has 3 aromatic rings. The molecule has 6 nitrogen and oxygen atoms in total. The van der Waals surface area contributed by atoms with Crippen molar-refractivity contribution in [3.05, 3.63) is 68.6 Å². The summed E-state index contributed by atoms with van der Waals surface area (Å²) >= 11 is 3.40. The van der Waals surface area contributed by atoms with E-state index in [0.717, 1.165) is 29.9 Å². The fourth-order valence-electron chi connectivity index (χ4n) is 4.67. The molecule has 1 amide bonds. The van der Waals surface area contributed by atoms with Gasteiger partial charge in [0, 0.05) is 21.7 Å². The van der Waals surface area contributed by atoms with E-state index in [1.54, 1.807) is 45.9 Å². The molecule has 3 aliphatic rings. The van der Waals surface area contributed by atoms with Crippen molar-refractivity contribution in [2.24, 2.45) is 11.0 Å². The number of fused-ring (bicyclic) bond motifs is 2. The van der Waals surface area contributed by atoms with Crippen LogP contribution in [0.1, 0.15) is 35.1 Å². The first-order chi connectivity index (χ1) is 16.3. The van der Waals surface area contributed by atoms with E-state index in [4.69, 9.17) is 19.3 Å². The Hall–Kier alpha value is -3.10. The van der Waals surface area contributed by atoms with E-state index in [-0.39, 0.29) is 31.3 Å². The molecule has 0 radical (unpaired) electrons. The second kappa shape index (κ2) is 8.68. The van der Waals surface area contributed by atoms with Gasteiger partial charge in [0.05, 0.1) is 11.8 Å². The summed E-state index contributed by atoms with van der Waals surface area (Å²) in [6.45, 7) is 0.114. The molecule has 1 saturated carbocycles. The lowest BCUT2D eigenvalue weighted by Crippen LogP contribution is -2.34. The largest absolute Gasteiger partial charge is 0.484 e. The molecule has 0 spiro atoms. The van der Waals surface area contributed by atoms with Crippen molar-refractivity contribution in [1.82, 2.24) is 5.01 Å². The summed E-state index contributed by atoms with van der Waals surface area (Å²) in [5.41, 5.74) is 2.28. The van der Waals surface area contributed by atoms with Gasteiger partial charge in [0.1, 0.15) is 5.75 Å².